The van der Waals surface area contributed by atoms with Gasteiger partial charge in [-0.3, -0.25) is 9.59 Å². The zero-order valence-corrected chi connectivity index (χ0v) is 13.1. The van der Waals surface area contributed by atoms with E-state index in [1.807, 2.05) is 32.0 Å². The molecule has 1 amide bonds. The molecule has 0 unspecified atom stereocenters. The topological polar surface area (TPSA) is 51.1 Å². The average Bonchev–Trinajstić information content (AvgIpc) is 2.39. The van der Waals surface area contributed by atoms with Crippen molar-refractivity contribution in [2.45, 2.75) is 20.4 Å². The highest BCUT2D eigenvalue weighted by molar-refractivity contribution is 6.34. The van der Waals surface area contributed by atoms with Crippen LogP contribution in [0.5, 0.6) is 0 Å². The van der Waals surface area contributed by atoms with Gasteiger partial charge < -0.3 is 9.88 Å². The number of amides is 1. The molecular weight excluding hydrogens is 311 g/mol. The second-order valence-electron chi connectivity index (χ2n) is 4.79. The molecule has 21 heavy (non-hydrogen) atoms. The van der Waals surface area contributed by atoms with Crippen molar-refractivity contribution in [1.82, 2.24) is 4.57 Å². The lowest BCUT2D eigenvalue weighted by Crippen LogP contribution is -2.27. The Morgan fingerprint density at radius 2 is 1.90 bits per heavy atom. The zero-order chi connectivity index (χ0) is 15.6. The van der Waals surface area contributed by atoms with Crippen LogP contribution in [0.3, 0.4) is 0 Å². The lowest BCUT2D eigenvalue weighted by atomic mass is 10.1. The molecule has 4 nitrogen and oxygen atoms in total. The number of carbonyl (C=O) groups excluding carboxylic acids is 1. The first kappa shape index (κ1) is 15.6. The van der Waals surface area contributed by atoms with E-state index in [9.17, 15) is 9.59 Å². The van der Waals surface area contributed by atoms with Crippen LogP contribution in [0.25, 0.3) is 0 Å². The minimum Gasteiger partial charge on any atom is -0.325 e. The summed E-state index contributed by atoms with van der Waals surface area (Å²) in [5.41, 5.74) is 2.46. The van der Waals surface area contributed by atoms with Crippen LogP contribution in [-0.4, -0.2) is 10.5 Å². The number of aryl methyl sites for hydroxylation is 2. The lowest BCUT2D eigenvalue weighted by Gasteiger charge is -2.09. The molecule has 0 bridgehead atoms. The maximum atomic E-state index is 12.0. The van der Waals surface area contributed by atoms with Gasteiger partial charge in [-0.1, -0.05) is 29.3 Å². The number of rotatable bonds is 3. The van der Waals surface area contributed by atoms with E-state index >= 15 is 0 Å². The van der Waals surface area contributed by atoms with E-state index in [1.54, 1.807) is 0 Å². The van der Waals surface area contributed by atoms with Crippen molar-refractivity contribution in [3.63, 3.8) is 0 Å². The van der Waals surface area contributed by atoms with E-state index < -0.39 is 5.56 Å². The SMILES string of the molecule is Cc1ccc(NC(=O)Cn2cc(Cl)cc(Cl)c2=O)cc1C. The molecule has 0 atom stereocenters. The third-order valence-corrected chi connectivity index (χ3v) is 3.59. The van der Waals surface area contributed by atoms with Gasteiger partial charge in [0.05, 0.1) is 5.02 Å². The smallest absolute Gasteiger partial charge is 0.269 e. The average molecular weight is 325 g/mol. The molecule has 0 saturated heterocycles. The number of nitrogens with zero attached hydrogens (tertiary/aromatic N) is 1. The summed E-state index contributed by atoms with van der Waals surface area (Å²) < 4.78 is 1.18. The van der Waals surface area contributed by atoms with Crippen molar-refractivity contribution in [3.8, 4) is 0 Å². The van der Waals surface area contributed by atoms with Crippen LogP contribution in [0, 0.1) is 13.8 Å². The highest BCUT2D eigenvalue weighted by atomic mass is 35.5. The third kappa shape index (κ3) is 3.86. The molecule has 0 saturated carbocycles. The molecule has 2 aromatic rings. The van der Waals surface area contributed by atoms with E-state index in [4.69, 9.17) is 23.2 Å². The van der Waals surface area contributed by atoms with Gasteiger partial charge >= 0.3 is 0 Å². The summed E-state index contributed by atoms with van der Waals surface area (Å²) in [7, 11) is 0. The standard InChI is InChI=1S/C15H14Cl2N2O2/c1-9-3-4-12(5-10(9)2)18-14(20)8-19-7-11(16)6-13(17)15(19)21/h3-7H,8H2,1-2H3,(H,18,20). The van der Waals surface area contributed by atoms with Gasteiger partial charge in [-0.25, -0.2) is 0 Å². The van der Waals surface area contributed by atoms with Gasteiger partial charge in [-0.05, 0) is 43.2 Å². The molecule has 2 rings (SSSR count). The fraction of sp³-hybridized carbons (Fsp3) is 0.200. The molecule has 1 aromatic carbocycles. The lowest BCUT2D eigenvalue weighted by molar-refractivity contribution is -0.116. The summed E-state index contributed by atoms with van der Waals surface area (Å²) in [6.07, 6.45) is 1.38. The van der Waals surface area contributed by atoms with Gasteiger partial charge in [0.15, 0.2) is 0 Å². The van der Waals surface area contributed by atoms with E-state index in [0.29, 0.717) is 10.7 Å². The minimum absolute atomic E-state index is 0.0125. The molecule has 1 heterocycles. The summed E-state index contributed by atoms with van der Waals surface area (Å²) in [6.45, 7) is 3.81. The molecule has 0 radical (unpaired) electrons. The van der Waals surface area contributed by atoms with Gasteiger partial charge in [0.2, 0.25) is 5.91 Å². The van der Waals surface area contributed by atoms with E-state index in [-0.39, 0.29) is 17.5 Å². The van der Waals surface area contributed by atoms with Crippen LogP contribution in [0.2, 0.25) is 10.0 Å². The summed E-state index contributed by atoms with van der Waals surface area (Å²) in [4.78, 5) is 23.8. The maximum Gasteiger partial charge on any atom is 0.269 e. The van der Waals surface area contributed by atoms with E-state index in [2.05, 4.69) is 5.32 Å². The van der Waals surface area contributed by atoms with Crippen molar-refractivity contribution in [2.24, 2.45) is 0 Å². The van der Waals surface area contributed by atoms with Crippen molar-refractivity contribution < 1.29 is 4.79 Å². The highest BCUT2D eigenvalue weighted by Gasteiger charge is 2.09. The Morgan fingerprint density at radius 1 is 1.19 bits per heavy atom. The number of halogens is 2. The molecule has 0 fully saturated rings. The minimum atomic E-state index is -0.448. The summed E-state index contributed by atoms with van der Waals surface area (Å²) in [6, 6.07) is 6.96. The van der Waals surface area contributed by atoms with Gasteiger partial charge in [-0.2, -0.15) is 0 Å². The molecule has 0 spiro atoms. The summed E-state index contributed by atoms with van der Waals surface area (Å²) >= 11 is 11.6. The first-order chi connectivity index (χ1) is 9.86. The number of anilines is 1. The molecule has 0 aliphatic rings. The Hall–Kier alpha value is -1.78. The Bertz CT molecular complexity index is 754. The van der Waals surface area contributed by atoms with Crippen LogP contribution in [0.15, 0.2) is 35.3 Å². The van der Waals surface area contributed by atoms with Gasteiger partial charge in [0.1, 0.15) is 11.6 Å². The Balaban J connectivity index is 2.15. The van der Waals surface area contributed by atoms with Crippen LogP contribution in [0.4, 0.5) is 5.69 Å². The van der Waals surface area contributed by atoms with Gasteiger partial charge in [-0.15, -0.1) is 0 Å². The van der Waals surface area contributed by atoms with E-state index in [1.165, 1.54) is 16.8 Å². The van der Waals surface area contributed by atoms with Crippen molar-refractivity contribution in [2.75, 3.05) is 5.32 Å². The van der Waals surface area contributed by atoms with Crippen LogP contribution >= 0.6 is 23.2 Å². The Labute approximate surface area is 132 Å². The molecule has 0 aliphatic carbocycles. The third-order valence-electron chi connectivity index (χ3n) is 3.11. The first-order valence-electron chi connectivity index (χ1n) is 6.29. The zero-order valence-electron chi connectivity index (χ0n) is 11.6. The van der Waals surface area contributed by atoms with Gasteiger partial charge in [0.25, 0.3) is 5.56 Å². The summed E-state index contributed by atoms with van der Waals surface area (Å²) in [5, 5.41) is 3.03. The number of aromatic nitrogens is 1. The van der Waals surface area contributed by atoms with Crippen LogP contribution in [0.1, 0.15) is 11.1 Å². The molecule has 110 valence electrons. The number of pyridine rings is 1. The Kier molecular flexibility index (Phi) is 4.70. The molecule has 6 heteroatoms. The monoisotopic (exact) mass is 324 g/mol. The number of carbonyl (C=O) groups is 1. The number of nitrogens with one attached hydrogen (secondary N) is 1. The van der Waals surface area contributed by atoms with Crippen molar-refractivity contribution >= 4 is 34.8 Å². The largest absolute Gasteiger partial charge is 0.325 e. The Morgan fingerprint density at radius 3 is 2.57 bits per heavy atom. The van der Waals surface area contributed by atoms with E-state index in [0.717, 1.165) is 11.1 Å². The molecule has 1 aromatic heterocycles. The molecular formula is C15H14Cl2N2O2. The fourth-order valence-electron chi connectivity index (χ4n) is 1.86. The first-order valence-corrected chi connectivity index (χ1v) is 7.05. The van der Waals surface area contributed by atoms with Crippen LogP contribution < -0.4 is 10.9 Å². The quantitative estimate of drug-likeness (QED) is 0.940. The predicted molar refractivity (Wildman–Crippen MR) is 85.3 cm³/mol. The normalized spacial score (nSPS) is 10.5. The highest BCUT2D eigenvalue weighted by Crippen LogP contribution is 2.14. The number of hydrogen-bond donors (Lipinski definition) is 1. The fourth-order valence-corrected chi connectivity index (χ4v) is 2.37. The second kappa shape index (κ2) is 6.33. The number of benzene rings is 1. The molecule has 1 N–H and O–H groups in total. The predicted octanol–water partition coefficient (Wildman–Crippen LogP) is 3.41. The molecule has 0 aliphatic heterocycles. The summed E-state index contributed by atoms with van der Waals surface area (Å²) in [5.74, 6) is -0.321. The van der Waals surface area contributed by atoms with Crippen molar-refractivity contribution in [1.29, 1.82) is 0 Å². The second-order valence-corrected chi connectivity index (χ2v) is 5.63. The van der Waals surface area contributed by atoms with Gasteiger partial charge in [0, 0.05) is 11.9 Å². The maximum absolute atomic E-state index is 12.0. The number of hydrogen-bond acceptors (Lipinski definition) is 2. The van der Waals surface area contributed by atoms with Crippen molar-refractivity contribution in [3.05, 3.63) is 62.0 Å². The van der Waals surface area contributed by atoms with Crippen LogP contribution in [-0.2, 0) is 11.3 Å².